The van der Waals surface area contributed by atoms with Crippen molar-refractivity contribution >= 4 is 12.0 Å². The number of carbonyl (C=O) groups excluding carboxylic acids is 2. The molecule has 2 N–H and O–H groups in total. The van der Waals surface area contributed by atoms with E-state index in [-0.39, 0.29) is 38.3 Å². The molecule has 6 atom stereocenters. The van der Waals surface area contributed by atoms with Gasteiger partial charge in [0.15, 0.2) is 6.23 Å². The number of benzene rings is 3. The number of ether oxygens (including phenoxy) is 5. The highest BCUT2D eigenvalue weighted by Gasteiger charge is 2.51. The zero-order chi connectivity index (χ0) is 36.1. The Morgan fingerprint density at radius 2 is 1.24 bits per heavy atom. The first-order valence-corrected chi connectivity index (χ1v) is 17.5. The Morgan fingerprint density at radius 3 is 1.66 bits per heavy atom. The molecule has 0 aliphatic carbocycles. The molecule has 3 aromatic carbocycles. The van der Waals surface area contributed by atoms with Gasteiger partial charge in [-0.25, -0.2) is 4.79 Å². The third kappa shape index (κ3) is 11.4. The van der Waals surface area contributed by atoms with E-state index in [9.17, 15) is 14.7 Å². The summed E-state index contributed by atoms with van der Waals surface area (Å²) in [6.45, 7) is 11.6. The van der Waals surface area contributed by atoms with E-state index >= 15 is 0 Å². The zero-order valence-electron chi connectivity index (χ0n) is 30.2. The van der Waals surface area contributed by atoms with Crippen LogP contribution in [0.4, 0.5) is 4.79 Å². The minimum atomic E-state index is -0.984. The van der Waals surface area contributed by atoms with E-state index in [1.807, 2.05) is 112 Å². The third-order valence-electron chi connectivity index (χ3n) is 8.30. The molecule has 10 nitrogen and oxygen atoms in total. The summed E-state index contributed by atoms with van der Waals surface area (Å²) in [6, 6.07) is 28.4. The summed E-state index contributed by atoms with van der Waals surface area (Å²) >= 11 is 0. The van der Waals surface area contributed by atoms with Gasteiger partial charge in [0.1, 0.15) is 36.1 Å². The smallest absolute Gasteiger partial charge is 0.408 e. The first-order valence-electron chi connectivity index (χ1n) is 17.5. The molecule has 1 heterocycles. The number of nitrogens with one attached hydrogen (secondary N) is 1. The lowest BCUT2D eigenvalue weighted by Gasteiger charge is -2.49. The van der Waals surface area contributed by atoms with E-state index in [0.717, 1.165) is 16.7 Å². The maximum Gasteiger partial charge on any atom is 0.408 e. The molecule has 0 saturated carbocycles. The molecule has 2 amide bonds. The van der Waals surface area contributed by atoms with E-state index < -0.39 is 48.4 Å². The number of amides is 2. The second kappa shape index (κ2) is 19.0. The van der Waals surface area contributed by atoms with Crippen LogP contribution in [0.3, 0.4) is 0 Å². The van der Waals surface area contributed by atoms with Crippen LogP contribution in [0.15, 0.2) is 91.0 Å². The lowest BCUT2D eigenvalue weighted by Crippen LogP contribution is -2.67. The van der Waals surface area contributed by atoms with E-state index in [2.05, 4.69) is 5.32 Å². The van der Waals surface area contributed by atoms with Gasteiger partial charge in [-0.05, 0) is 49.8 Å². The molecule has 50 heavy (non-hydrogen) atoms. The first kappa shape index (κ1) is 39.0. The maximum atomic E-state index is 14.6. The second-order valence-electron chi connectivity index (χ2n) is 13.9. The molecule has 0 spiro atoms. The van der Waals surface area contributed by atoms with Crippen LogP contribution in [0, 0.1) is 5.92 Å². The van der Waals surface area contributed by atoms with E-state index in [0.29, 0.717) is 13.0 Å². The van der Waals surface area contributed by atoms with Gasteiger partial charge in [-0.2, -0.15) is 0 Å². The number of hydrogen-bond acceptors (Lipinski definition) is 8. The van der Waals surface area contributed by atoms with Crippen LogP contribution < -0.4 is 5.32 Å². The van der Waals surface area contributed by atoms with Gasteiger partial charge in [-0.1, -0.05) is 112 Å². The lowest BCUT2D eigenvalue weighted by atomic mass is 9.95. The van der Waals surface area contributed by atoms with Crippen LogP contribution in [0.5, 0.6) is 0 Å². The minimum absolute atomic E-state index is 0.212. The van der Waals surface area contributed by atoms with Gasteiger partial charge in [0, 0.05) is 6.54 Å². The van der Waals surface area contributed by atoms with Gasteiger partial charge in [0.25, 0.3) is 0 Å². The fourth-order valence-electron chi connectivity index (χ4n) is 5.89. The molecule has 6 unspecified atom stereocenters. The normalized spacial score (nSPS) is 21.4. The molecule has 0 bridgehead atoms. The van der Waals surface area contributed by atoms with Crippen molar-refractivity contribution in [1.82, 2.24) is 10.2 Å². The van der Waals surface area contributed by atoms with Crippen LogP contribution in [0.1, 0.15) is 64.7 Å². The summed E-state index contributed by atoms with van der Waals surface area (Å²) in [5.74, 6) is -0.629. The van der Waals surface area contributed by atoms with Crippen LogP contribution in [0.25, 0.3) is 0 Å². The highest BCUT2D eigenvalue weighted by Crippen LogP contribution is 2.33. The fourth-order valence-corrected chi connectivity index (χ4v) is 5.89. The number of rotatable bonds is 16. The minimum Gasteiger partial charge on any atom is -0.444 e. The Labute approximate surface area is 297 Å². The van der Waals surface area contributed by atoms with Gasteiger partial charge in [0.05, 0.1) is 26.4 Å². The predicted octanol–water partition coefficient (Wildman–Crippen LogP) is 6.25. The molecule has 3 aromatic rings. The van der Waals surface area contributed by atoms with Crippen molar-refractivity contribution in [3.63, 3.8) is 0 Å². The molecule has 1 fully saturated rings. The zero-order valence-corrected chi connectivity index (χ0v) is 30.2. The van der Waals surface area contributed by atoms with Gasteiger partial charge in [-0.3, -0.25) is 4.79 Å². The van der Waals surface area contributed by atoms with E-state index in [1.165, 1.54) is 0 Å². The Balaban J connectivity index is 1.74. The number of nitrogens with zero attached hydrogens (tertiary/aromatic N) is 1. The lowest BCUT2D eigenvalue weighted by molar-refractivity contribution is -0.295. The molecule has 10 heteroatoms. The molecular weight excluding hydrogens is 636 g/mol. The molecule has 1 saturated heterocycles. The van der Waals surface area contributed by atoms with Gasteiger partial charge in [0.2, 0.25) is 5.91 Å². The van der Waals surface area contributed by atoms with Gasteiger partial charge >= 0.3 is 6.09 Å². The number of carbonyl (C=O) groups is 2. The Bertz CT molecular complexity index is 1430. The first-order chi connectivity index (χ1) is 24.0. The summed E-state index contributed by atoms with van der Waals surface area (Å²) in [4.78, 5) is 29.1. The van der Waals surface area contributed by atoms with Crippen LogP contribution in [-0.4, -0.2) is 77.4 Å². The number of alkyl carbamates (subject to hydrolysis) is 1. The van der Waals surface area contributed by atoms with Gasteiger partial charge < -0.3 is 39.0 Å². The van der Waals surface area contributed by atoms with Crippen molar-refractivity contribution in [3.05, 3.63) is 108 Å². The monoisotopic (exact) mass is 690 g/mol. The second-order valence-corrected chi connectivity index (χ2v) is 13.9. The summed E-state index contributed by atoms with van der Waals surface area (Å²) in [5.41, 5.74) is 2.08. The van der Waals surface area contributed by atoms with Crippen molar-refractivity contribution in [2.45, 2.75) is 110 Å². The standard InChI is InChI=1S/C40H54N2O8/c1-7-23-42(37(44)33(28(2)3)41-39(45)50-40(4,5)6)38-36(48-27-31-21-15-10-16-22-31)35(47-26-30-19-13-9-14-20-30)34(32(24-43)49-38)46-25-29-17-11-8-12-18-29/h8-22,28,32-36,38,43H,7,23-27H2,1-6H3,(H,41,45). The molecule has 0 radical (unpaired) electrons. The summed E-state index contributed by atoms with van der Waals surface area (Å²) in [6.07, 6.45) is -4.28. The molecule has 272 valence electrons. The SMILES string of the molecule is CCCN(C(=O)C(NC(=O)OC(C)(C)C)C(C)C)C1OC(CO)C(OCc2ccccc2)C(OCc2ccccc2)C1OCc1ccccc1. The topological polar surface area (TPSA) is 116 Å². The summed E-state index contributed by atoms with van der Waals surface area (Å²) in [5, 5.41) is 13.6. The number of aliphatic hydroxyl groups is 1. The molecular formula is C40H54N2O8. The molecule has 4 rings (SSSR count). The van der Waals surface area contributed by atoms with Crippen molar-refractivity contribution in [1.29, 1.82) is 0 Å². The van der Waals surface area contributed by atoms with Crippen molar-refractivity contribution in [2.24, 2.45) is 5.92 Å². The molecule has 1 aliphatic heterocycles. The molecule has 0 aromatic heterocycles. The maximum absolute atomic E-state index is 14.6. The Kier molecular flexibility index (Phi) is 14.8. The average Bonchev–Trinajstić information content (AvgIpc) is 3.10. The van der Waals surface area contributed by atoms with Gasteiger partial charge in [-0.15, -0.1) is 0 Å². The van der Waals surface area contributed by atoms with Crippen LogP contribution in [0.2, 0.25) is 0 Å². The van der Waals surface area contributed by atoms with Crippen molar-refractivity contribution < 1.29 is 38.4 Å². The van der Waals surface area contributed by atoms with Crippen LogP contribution in [-0.2, 0) is 48.3 Å². The number of aliphatic hydroxyl groups excluding tert-OH is 1. The number of hydrogen-bond donors (Lipinski definition) is 2. The van der Waals surface area contributed by atoms with Crippen molar-refractivity contribution in [3.8, 4) is 0 Å². The van der Waals surface area contributed by atoms with Crippen LogP contribution >= 0.6 is 0 Å². The summed E-state index contributed by atoms with van der Waals surface area (Å²) in [7, 11) is 0. The third-order valence-corrected chi connectivity index (χ3v) is 8.30. The Hall–Kier alpha value is -3.80. The largest absolute Gasteiger partial charge is 0.444 e. The molecule has 1 aliphatic rings. The highest BCUT2D eigenvalue weighted by atomic mass is 16.6. The average molecular weight is 691 g/mol. The summed E-state index contributed by atoms with van der Waals surface area (Å²) < 4.78 is 32.1. The Morgan fingerprint density at radius 1 is 0.780 bits per heavy atom. The highest BCUT2D eigenvalue weighted by molar-refractivity contribution is 5.86. The van der Waals surface area contributed by atoms with E-state index in [4.69, 9.17) is 23.7 Å². The predicted molar refractivity (Wildman–Crippen MR) is 191 cm³/mol. The van der Waals surface area contributed by atoms with E-state index in [1.54, 1.807) is 25.7 Å². The van der Waals surface area contributed by atoms with Crippen molar-refractivity contribution in [2.75, 3.05) is 13.2 Å². The fraction of sp³-hybridized carbons (Fsp3) is 0.500. The quantitative estimate of drug-likeness (QED) is 0.181.